The maximum absolute atomic E-state index is 12.8. The number of rotatable bonds is 9. The number of hydrogen-bond acceptors (Lipinski definition) is 9. The Balaban J connectivity index is 1.13. The van der Waals surface area contributed by atoms with Crippen molar-refractivity contribution in [2.75, 3.05) is 49.6 Å². The molecule has 1 N–H and O–H groups in total. The molecule has 2 saturated heterocycles. The molecule has 1 unspecified atom stereocenters. The number of nitrogens with one attached hydrogen (secondary N) is 1. The lowest BCUT2D eigenvalue weighted by Gasteiger charge is -2.40. The Hall–Kier alpha value is -4.88. The largest absolute Gasteiger partial charge is 0.462 e. The van der Waals surface area contributed by atoms with Gasteiger partial charge in [-0.3, -0.25) is 0 Å². The predicted octanol–water partition coefficient (Wildman–Crippen LogP) is 6.01. The van der Waals surface area contributed by atoms with Gasteiger partial charge in [0.15, 0.2) is 0 Å². The van der Waals surface area contributed by atoms with Crippen LogP contribution < -0.4 is 19.9 Å². The molecule has 254 valence electrons. The highest BCUT2D eigenvalue weighted by Crippen LogP contribution is 2.36. The molecule has 3 aromatic carbocycles. The summed E-state index contributed by atoms with van der Waals surface area (Å²) < 4.78 is 11.9. The highest BCUT2D eigenvalue weighted by atomic mass is 16.5. The number of benzene rings is 3. The first-order chi connectivity index (χ1) is 24.0. The molecule has 49 heavy (non-hydrogen) atoms. The predicted molar refractivity (Wildman–Crippen MR) is 191 cm³/mol. The van der Waals surface area contributed by atoms with E-state index in [1.54, 1.807) is 0 Å². The van der Waals surface area contributed by atoms with E-state index >= 15 is 0 Å². The molecule has 0 radical (unpaired) electrons. The van der Waals surface area contributed by atoms with Crippen LogP contribution in [0.1, 0.15) is 48.1 Å². The van der Waals surface area contributed by atoms with Gasteiger partial charge in [-0.05, 0) is 68.8 Å². The Bertz CT molecular complexity index is 1820. The third kappa shape index (κ3) is 7.27. The maximum Gasteiger partial charge on any atom is 0.407 e. The number of hydrogen-bond donors (Lipinski definition) is 1. The summed E-state index contributed by atoms with van der Waals surface area (Å²) in [6.07, 6.45) is 3.61. The number of fused-ring (bicyclic) bond motifs is 2. The number of nitriles is 1. The first-order valence-corrected chi connectivity index (χ1v) is 17.5. The monoisotopic (exact) mass is 659 g/mol. The molecule has 3 aliphatic rings. The normalized spacial score (nSPS) is 20.9. The minimum absolute atomic E-state index is 0.0797. The van der Waals surface area contributed by atoms with E-state index in [2.05, 4.69) is 76.5 Å². The van der Waals surface area contributed by atoms with Gasteiger partial charge in [0.2, 0.25) is 0 Å². The van der Waals surface area contributed by atoms with Crippen molar-refractivity contribution in [2.24, 2.45) is 5.92 Å². The molecule has 0 saturated carbocycles. The van der Waals surface area contributed by atoms with Crippen molar-refractivity contribution < 1.29 is 14.3 Å². The number of alkyl carbamates (subject to hydrolysis) is 1. The van der Waals surface area contributed by atoms with E-state index in [0.29, 0.717) is 51.1 Å². The molecule has 1 amide bonds. The Morgan fingerprint density at radius 2 is 1.84 bits per heavy atom. The summed E-state index contributed by atoms with van der Waals surface area (Å²) in [6.45, 7) is 6.79. The van der Waals surface area contributed by atoms with Crippen LogP contribution in [0.3, 0.4) is 0 Å². The number of nitrogens with zero attached hydrogens (tertiary/aromatic N) is 6. The van der Waals surface area contributed by atoms with Gasteiger partial charge in [-0.25, -0.2) is 4.79 Å². The summed E-state index contributed by atoms with van der Waals surface area (Å²) in [5.41, 5.74) is 5.54. The molecule has 2 fully saturated rings. The summed E-state index contributed by atoms with van der Waals surface area (Å²) in [5, 5.41) is 15.3. The summed E-state index contributed by atoms with van der Waals surface area (Å²) in [5.74, 6) is 0.811. The topological polar surface area (TPSA) is 107 Å². The van der Waals surface area contributed by atoms with Crippen LogP contribution >= 0.6 is 0 Å². The number of likely N-dealkylation sites (tertiary alicyclic amines) is 1. The van der Waals surface area contributed by atoms with E-state index in [1.807, 2.05) is 30.3 Å². The molecule has 3 aliphatic heterocycles. The van der Waals surface area contributed by atoms with Gasteiger partial charge in [0.1, 0.15) is 19.0 Å². The zero-order valence-electron chi connectivity index (χ0n) is 28.5. The van der Waals surface area contributed by atoms with Gasteiger partial charge in [0, 0.05) is 60.7 Å². The van der Waals surface area contributed by atoms with Crippen molar-refractivity contribution >= 4 is 28.4 Å². The number of aromatic nitrogens is 2. The molecule has 0 aliphatic carbocycles. The number of piperidine rings is 1. The van der Waals surface area contributed by atoms with E-state index < -0.39 is 6.09 Å². The Morgan fingerprint density at radius 3 is 2.63 bits per heavy atom. The minimum atomic E-state index is -0.457. The zero-order chi connectivity index (χ0) is 33.7. The molecular formula is C39H45N7O3. The number of carbonyl (C=O) groups excluding carboxylic acids is 1. The molecule has 1 aromatic heterocycles. The van der Waals surface area contributed by atoms with E-state index in [9.17, 15) is 10.1 Å². The second-order valence-corrected chi connectivity index (χ2v) is 13.6. The Labute approximate surface area is 288 Å². The lowest BCUT2D eigenvalue weighted by Crippen LogP contribution is -2.51. The first-order valence-electron chi connectivity index (χ1n) is 17.5. The second kappa shape index (κ2) is 14.7. The summed E-state index contributed by atoms with van der Waals surface area (Å²) in [7, 11) is 2.15. The Kier molecular flexibility index (Phi) is 9.80. The van der Waals surface area contributed by atoms with Crippen molar-refractivity contribution in [3.8, 4) is 12.1 Å². The van der Waals surface area contributed by atoms with Crippen molar-refractivity contribution in [1.82, 2.24) is 20.2 Å². The molecule has 4 aromatic rings. The van der Waals surface area contributed by atoms with E-state index in [4.69, 9.17) is 19.4 Å². The fourth-order valence-corrected chi connectivity index (χ4v) is 7.70. The Morgan fingerprint density at radius 1 is 1.00 bits per heavy atom. The maximum atomic E-state index is 12.8. The lowest BCUT2D eigenvalue weighted by molar-refractivity contribution is 0.129. The molecule has 3 atom stereocenters. The van der Waals surface area contributed by atoms with Gasteiger partial charge in [-0.15, -0.1) is 0 Å². The first kappa shape index (κ1) is 32.7. The van der Waals surface area contributed by atoms with Crippen molar-refractivity contribution in [3.63, 3.8) is 0 Å². The number of aryl methyl sites for hydroxylation is 1. The molecule has 7 rings (SSSR count). The van der Waals surface area contributed by atoms with Crippen LogP contribution in [-0.4, -0.2) is 72.9 Å². The van der Waals surface area contributed by atoms with Crippen LogP contribution in [0.4, 0.5) is 16.3 Å². The summed E-state index contributed by atoms with van der Waals surface area (Å²) in [4.78, 5) is 30.0. The van der Waals surface area contributed by atoms with Crippen LogP contribution in [0.25, 0.3) is 10.8 Å². The van der Waals surface area contributed by atoms with Gasteiger partial charge in [-0.1, -0.05) is 60.7 Å². The third-order valence-corrected chi connectivity index (χ3v) is 10.4. The standard InChI is InChI=1S/C39H45N7O3/c1-27-9-6-12-29-13-7-15-35(36(27)29)45-21-17-32-34(24-45)41-38(48-26-31-14-8-20-44(31)2)43-37(32)46-22-18-33(30(23-46)16-19-40)42-39(47)49-25-28-10-4-3-5-11-28/h3-7,9-13,15,30-31,33H,8,14,16-18,20-26H2,1-2H3,(H,42,47)/t30-,31?,33+/m0/s1. The number of amides is 1. The smallest absolute Gasteiger partial charge is 0.407 e. The van der Waals surface area contributed by atoms with E-state index in [-0.39, 0.29) is 18.6 Å². The molecule has 10 heteroatoms. The minimum Gasteiger partial charge on any atom is -0.462 e. The van der Waals surface area contributed by atoms with Crippen LogP contribution in [0, 0.1) is 24.2 Å². The van der Waals surface area contributed by atoms with Crippen LogP contribution in [0.2, 0.25) is 0 Å². The quantitative estimate of drug-likeness (QED) is 0.231. The average Bonchev–Trinajstić information content (AvgIpc) is 3.54. The molecule has 0 spiro atoms. The SMILES string of the molecule is Cc1cccc2cccc(N3CCc4c(nc(OCC5CCCN5C)nc4N4CC[C@@H](NC(=O)OCc5ccccc5)[C@@H](CC#N)C4)C3)c12. The molecular weight excluding hydrogens is 614 g/mol. The van der Waals surface area contributed by atoms with Crippen LogP contribution in [0.15, 0.2) is 66.7 Å². The zero-order valence-corrected chi connectivity index (χ0v) is 28.5. The van der Waals surface area contributed by atoms with Gasteiger partial charge < -0.3 is 29.5 Å². The van der Waals surface area contributed by atoms with Crippen molar-refractivity contribution in [3.05, 3.63) is 89.1 Å². The third-order valence-electron chi connectivity index (χ3n) is 10.4. The number of likely N-dealkylation sites (N-methyl/N-ethyl adjacent to an activating group) is 1. The van der Waals surface area contributed by atoms with E-state index in [1.165, 1.54) is 28.4 Å². The number of anilines is 2. The second-order valence-electron chi connectivity index (χ2n) is 13.6. The van der Waals surface area contributed by atoms with Crippen LogP contribution in [-0.2, 0) is 24.3 Å². The summed E-state index contributed by atoms with van der Waals surface area (Å²) in [6, 6.07) is 25.6. The van der Waals surface area contributed by atoms with Crippen LogP contribution in [0.5, 0.6) is 6.01 Å². The fraction of sp³-hybridized carbons (Fsp3) is 0.436. The van der Waals surface area contributed by atoms with E-state index in [0.717, 1.165) is 48.6 Å². The number of ether oxygens (including phenoxy) is 2. The average molecular weight is 660 g/mol. The van der Waals surface area contributed by atoms with Gasteiger partial charge in [-0.2, -0.15) is 15.2 Å². The molecule has 10 nitrogen and oxygen atoms in total. The lowest BCUT2D eigenvalue weighted by atomic mass is 9.89. The highest BCUT2D eigenvalue weighted by Gasteiger charge is 2.34. The van der Waals surface area contributed by atoms with Crippen molar-refractivity contribution in [1.29, 1.82) is 5.26 Å². The fourth-order valence-electron chi connectivity index (χ4n) is 7.70. The van der Waals surface area contributed by atoms with Gasteiger partial charge in [0.05, 0.1) is 18.3 Å². The van der Waals surface area contributed by atoms with Gasteiger partial charge >= 0.3 is 12.1 Å². The highest BCUT2D eigenvalue weighted by molar-refractivity contribution is 5.97. The molecule has 0 bridgehead atoms. The number of carbonyl (C=O) groups is 1. The van der Waals surface area contributed by atoms with Gasteiger partial charge in [0.25, 0.3) is 0 Å². The van der Waals surface area contributed by atoms with Crippen molar-refractivity contribution in [2.45, 2.75) is 64.3 Å². The summed E-state index contributed by atoms with van der Waals surface area (Å²) >= 11 is 0. The molecule has 4 heterocycles.